The summed E-state index contributed by atoms with van der Waals surface area (Å²) in [6.45, 7) is 0.613. The van der Waals surface area contributed by atoms with Crippen molar-refractivity contribution in [3.05, 3.63) is 68.1 Å². The fourth-order valence-electron chi connectivity index (χ4n) is 5.82. The first-order valence-electron chi connectivity index (χ1n) is 12.8. The highest BCUT2D eigenvalue weighted by Gasteiger charge is 2.58. The third-order valence-corrected chi connectivity index (χ3v) is 9.76. The monoisotopic (exact) mass is 585 g/mol. The van der Waals surface area contributed by atoms with Crippen LogP contribution in [0.3, 0.4) is 0 Å². The van der Waals surface area contributed by atoms with Gasteiger partial charge in [0, 0.05) is 29.4 Å². The second-order valence-corrected chi connectivity index (χ2v) is 12.3. The highest BCUT2D eigenvalue weighted by atomic mass is 35.5. The smallest absolute Gasteiger partial charge is 0.151 e. The topological polar surface area (TPSA) is 101 Å². The Bertz CT molecular complexity index is 1610. The Morgan fingerprint density at radius 2 is 2.03 bits per heavy atom. The van der Waals surface area contributed by atoms with E-state index in [0.717, 1.165) is 30.2 Å². The lowest BCUT2D eigenvalue weighted by Crippen LogP contribution is -2.48. The van der Waals surface area contributed by atoms with Crippen LogP contribution in [0.1, 0.15) is 53.5 Å². The van der Waals surface area contributed by atoms with E-state index in [9.17, 15) is 14.8 Å². The molecular formula is C28H22Cl2FN3O4S. The lowest BCUT2D eigenvalue weighted by Gasteiger charge is -2.39. The van der Waals surface area contributed by atoms with Gasteiger partial charge in [-0.15, -0.1) is 11.3 Å². The van der Waals surface area contributed by atoms with E-state index >= 15 is 0 Å². The molecule has 2 aliphatic carbocycles. The van der Waals surface area contributed by atoms with E-state index in [1.807, 2.05) is 6.07 Å². The minimum Gasteiger partial charge on any atom is -0.380 e. The van der Waals surface area contributed by atoms with Crippen LogP contribution in [-0.4, -0.2) is 34.1 Å². The van der Waals surface area contributed by atoms with E-state index in [0.29, 0.717) is 56.4 Å². The summed E-state index contributed by atoms with van der Waals surface area (Å²) in [4.78, 5) is 4.45. The largest absolute Gasteiger partial charge is 0.380 e. The van der Waals surface area contributed by atoms with Gasteiger partial charge < -0.3 is 19.1 Å². The number of aromatic nitrogens is 2. The number of nitrogens with zero attached hydrogens (tertiary/aromatic N) is 3. The van der Waals surface area contributed by atoms with E-state index in [4.69, 9.17) is 37.2 Å². The molecule has 2 bridgehead atoms. The number of ether oxygens (including phenoxy) is 2. The molecule has 0 radical (unpaired) electrons. The number of halogens is 3. The van der Waals surface area contributed by atoms with Crippen molar-refractivity contribution in [1.82, 2.24) is 10.1 Å². The van der Waals surface area contributed by atoms with Gasteiger partial charge in [-0.25, -0.2) is 9.37 Å². The minimum absolute atomic E-state index is 0.158. The molecule has 2 saturated carbocycles. The van der Waals surface area contributed by atoms with Gasteiger partial charge in [0.15, 0.2) is 5.82 Å². The molecule has 7 rings (SSSR count). The van der Waals surface area contributed by atoms with Crippen LogP contribution in [0.25, 0.3) is 21.5 Å². The summed E-state index contributed by atoms with van der Waals surface area (Å²) < 4.78 is 33.3. The Kier molecular flexibility index (Phi) is 6.19. The van der Waals surface area contributed by atoms with E-state index in [-0.39, 0.29) is 29.7 Å². The number of fused-ring (bicyclic) bond motifs is 3. The summed E-state index contributed by atoms with van der Waals surface area (Å²) in [6, 6.07) is 10.0. The molecule has 7 nitrogen and oxygen atoms in total. The lowest BCUT2D eigenvalue weighted by molar-refractivity contribution is -0.121. The summed E-state index contributed by atoms with van der Waals surface area (Å²) in [5.41, 5.74) is 1.08. The Balaban J connectivity index is 1.14. The van der Waals surface area contributed by atoms with Gasteiger partial charge in [0.25, 0.3) is 0 Å². The van der Waals surface area contributed by atoms with E-state index in [1.54, 1.807) is 24.3 Å². The molecule has 2 aromatic heterocycles. The summed E-state index contributed by atoms with van der Waals surface area (Å²) >= 11 is 14.2. The summed E-state index contributed by atoms with van der Waals surface area (Å²) in [5, 5.41) is 26.7. The van der Waals surface area contributed by atoms with Crippen LogP contribution in [0.15, 0.2) is 34.9 Å². The third-order valence-electron chi connectivity index (χ3n) is 7.99. The Morgan fingerprint density at radius 1 is 1.23 bits per heavy atom. The fraction of sp³-hybridized carbons (Fsp3) is 0.393. The van der Waals surface area contributed by atoms with Gasteiger partial charge in [-0.3, -0.25) is 0 Å². The van der Waals surface area contributed by atoms with Crippen LogP contribution >= 0.6 is 34.5 Å². The lowest BCUT2D eigenvalue weighted by atomic mass is 9.75. The SMILES string of the molecule is N#Cc1cc(F)c2nc(C3(O)C4COC3CC(OCc3c(-c5c(Cl)cccc5Cl)noc3C3CC3)C4)sc2c1. The van der Waals surface area contributed by atoms with Crippen LogP contribution in [0, 0.1) is 23.1 Å². The number of thiazole rings is 1. The number of nitriles is 1. The zero-order valence-electron chi connectivity index (χ0n) is 20.5. The number of aliphatic hydroxyl groups is 1. The Morgan fingerprint density at radius 3 is 2.74 bits per heavy atom. The predicted molar refractivity (Wildman–Crippen MR) is 143 cm³/mol. The molecule has 3 aliphatic rings. The quantitative estimate of drug-likeness (QED) is 0.267. The van der Waals surface area contributed by atoms with Gasteiger partial charge in [-0.05, 0) is 43.5 Å². The first-order chi connectivity index (χ1) is 18.9. The van der Waals surface area contributed by atoms with Crippen molar-refractivity contribution in [1.29, 1.82) is 5.26 Å². The van der Waals surface area contributed by atoms with Crippen LogP contribution in [-0.2, 0) is 21.7 Å². The molecule has 1 N–H and O–H groups in total. The van der Waals surface area contributed by atoms with Crippen LogP contribution in [0.4, 0.5) is 4.39 Å². The second-order valence-electron chi connectivity index (χ2n) is 10.4. The summed E-state index contributed by atoms with van der Waals surface area (Å²) in [5.74, 6) is 0.266. The molecular weight excluding hydrogens is 564 g/mol. The highest BCUT2D eigenvalue weighted by molar-refractivity contribution is 7.18. The molecule has 0 amide bonds. The number of rotatable bonds is 6. The van der Waals surface area contributed by atoms with Crippen molar-refractivity contribution in [3.63, 3.8) is 0 Å². The summed E-state index contributed by atoms with van der Waals surface area (Å²) in [7, 11) is 0. The van der Waals surface area contributed by atoms with Gasteiger partial charge in [0.1, 0.15) is 27.6 Å². The molecule has 2 aromatic carbocycles. The van der Waals surface area contributed by atoms with Crippen molar-refractivity contribution in [2.24, 2.45) is 5.92 Å². The fourth-order valence-corrected chi connectivity index (χ4v) is 7.63. The average Bonchev–Trinajstić information content (AvgIpc) is 3.49. The first kappa shape index (κ1) is 25.4. The molecule has 39 heavy (non-hydrogen) atoms. The molecule has 200 valence electrons. The van der Waals surface area contributed by atoms with Crippen molar-refractivity contribution >= 4 is 44.8 Å². The van der Waals surface area contributed by atoms with Gasteiger partial charge >= 0.3 is 0 Å². The van der Waals surface area contributed by atoms with E-state index in [2.05, 4.69) is 10.1 Å². The maximum atomic E-state index is 14.6. The highest BCUT2D eigenvalue weighted by Crippen LogP contribution is 2.51. The van der Waals surface area contributed by atoms with Crippen LogP contribution in [0.2, 0.25) is 10.0 Å². The normalized spacial score (nSPS) is 26.3. The van der Waals surface area contributed by atoms with E-state index < -0.39 is 17.5 Å². The first-order valence-corrected chi connectivity index (χ1v) is 14.3. The molecule has 1 saturated heterocycles. The molecule has 4 atom stereocenters. The molecule has 4 unspecified atom stereocenters. The Hall–Kier alpha value is -2.58. The van der Waals surface area contributed by atoms with Crippen molar-refractivity contribution < 1.29 is 23.5 Å². The molecule has 3 fully saturated rings. The number of hydrogen-bond acceptors (Lipinski definition) is 8. The number of hydrogen-bond donors (Lipinski definition) is 1. The second kappa shape index (κ2) is 9.51. The van der Waals surface area contributed by atoms with E-state index in [1.165, 1.54) is 11.3 Å². The molecule has 3 heterocycles. The van der Waals surface area contributed by atoms with Crippen molar-refractivity contribution in [2.45, 2.75) is 56.0 Å². The molecule has 1 aliphatic heterocycles. The third kappa shape index (κ3) is 4.17. The number of benzene rings is 2. The van der Waals surface area contributed by atoms with Gasteiger partial charge in [0.2, 0.25) is 0 Å². The molecule has 4 aromatic rings. The minimum atomic E-state index is -1.35. The van der Waals surface area contributed by atoms with Crippen molar-refractivity contribution in [3.8, 4) is 17.3 Å². The van der Waals surface area contributed by atoms with Gasteiger partial charge in [-0.2, -0.15) is 5.26 Å². The predicted octanol–water partition coefficient (Wildman–Crippen LogP) is 6.73. The maximum Gasteiger partial charge on any atom is 0.151 e. The molecule has 0 spiro atoms. The standard InChI is InChI=1S/C28H22Cl2FN3O4S/c29-18-2-1-3-19(30)23(18)24-17(26(38-34-24)14-4-5-14)12-36-16-8-15-11-37-22(9-16)28(15,35)27-33-25-20(31)6-13(10-32)7-21(25)39-27/h1-3,6-7,14-16,22,35H,4-5,8-9,11-12H2. The maximum absolute atomic E-state index is 14.6. The van der Waals surface area contributed by atoms with Crippen LogP contribution in [0.5, 0.6) is 0 Å². The zero-order valence-corrected chi connectivity index (χ0v) is 22.8. The van der Waals surface area contributed by atoms with Crippen molar-refractivity contribution in [2.75, 3.05) is 6.61 Å². The Labute approximate surface area is 237 Å². The van der Waals surface area contributed by atoms with Gasteiger partial charge in [0.05, 0.1) is 51.8 Å². The zero-order chi connectivity index (χ0) is 26.9. The average molecular weight is 586 g/mol. The van der Waals surface area contributed by atoms with Gasteiger partial charge in [-0.1, -0.05) is 34.4 Å². The molecule has 11 heteroatoms. The van der Waals surface area contributed by atoms with Crippen LogP contribution < -0.4 is 0 Å². The summed E-state index contributed by atoms with van der Waals surface area (Å²) in [6.07, 6.45) is 2.32.